The average Bonchev–Trinajstić information content (AvgIpc) is 2.33. The SMILES string of the molecule is O=C1OC2CC3CC1CC3C2. The van der Waals surface area contributed by atoms with Crippen LogP contribution in [0.15, 0.2) is 0 Å². The number of rotatable bonds is 0. The van der Waals surface area contributed by atoms with Crippen LogP contribution >= 0.6 is 0 Å². The molecule has 0 aromatic carbocycles. The lowest BCUT2D eigenvalue weighted by molar-refractivity contribution is -0.151. The highest BCUT2D eigenvalue weighted by atomic mass is 16.5. The maximum absolute atomic E-state index is 11.3. The minimum absolute atomic E-state index is 0.0949. The van der Waals surface area contributed by atoms with Crippen LogP contribution in [0.25, 0.3) is 0 Å². The number of hydrogen-bond donors (Lipinski definition) is 0. The van der Waals surface area contributed by atoms with E-state index >= 15 is 0 Å². The summed E-state index contributed by atoms with van der Waals surface area (Å²) in [6, 6.07) is 0. The van der Waals surface area contributed by atoms with Gasteiger partial charge in [0.15, 0.2) is 0 Å². The van der Waals surface area contributed by atoms with E-state index in [9.17, 15) is 4.79 Å². The van der Waals surface area contributed by atoms with Crippen molar-refractivity contribution in [1.82, 2.24) is 0 Å². The van der Waals surface area contributed by atoms with Crippen molar-refractivity contribution in [1.29, 1.82) is 0 Å². The van der Waals surface area contributed by atoms with Crippen LogP contribution in [0.4, 0.5) is 0 Å². The molecule has 2 unspecified atom stereocenters. The van der Waals surface area contributed by atoms with Gasteiger partial charge in [0.2, 0.25) is 0 Å². The standard InChI is InChI=1S/C9H12O2/c10-9-7-1-5-3-8(11-9)4-6(5)2-7/h5-8H,1-4H2. The van der Waals surface area contributed by atoms with E-state index in [1.54, 1.807) is 0 Å². The molecule has 0 N–H and O–H groups in total. The number of hydrogen-bond acceptors (Lipinski definition) is 2. The van der Waals surface area contributed by atoms with Crippen LogP contribution in [0, 0.1) is 17.8 Å². The summed E-state index contributed by atoms with van der Waals surface area (Å²) in [6.45, 7) is 0. The second kappa shape index (κ2) is 1.79. The summed E-state index contributed by atoms with van der Waals surface area (Å²) in [5.41, 5.74) is 0. The Labute approximate surface area is 65.9 Å². The smallest absolute Gasteiger partial charge is 0.309 e. The molecule has 2 heteroatoms. The lowest BCUT2D eigenvalue weighted by Gasteiger charge is -2.08. The molecular weight excluding hydrogens is 140 g/mol. The van der Waals surface area contributed by atoms with Crippen LogP contribution < -0.4 is 0 Å². The van der Waals surface area contributed by atoms with E-state index in [1.807, 2.05) is 0 Å². The van der Waals surface area contributed by atoms with Crippen LogP contribution in [0.5, 0.6) is 0 Å². The van der Waals surface area contributed by atoms with E-state index in [0.717, 1.165) is 37.5 Å². The number of carbonyl (C=O) groups is 1. The Hall–Kier alpha value is -0.530. The van der Waals surface area contributed by atoms with Gasteiger partial charge in [-0.25, -0.2) is 0 Å². The van der Waals surface area contributed by atoms with Gasteiger partial charge in [-0.3, -0.25) is 4.79 Å². The fourth-order valence-electron chi connectivity index (χ4n) is 3.11. The maximum Gasteiger partial charge on any atom is 0.309 e. The van der Waals surface area contributed by atoms with E-state index in [2.05, 4.69) is 0 Å². The van der Waals surface area contributed by atoms with Gasteiger partial charge >= 0.3 is 5.97 Å². The predicted molar refractivity (Wildman–Crippen MR) is 38.8 cm³/mol. The Morgan fingerprint density at radius 2 is 1.73 bits per heavy atom. The minimum atomic E-state index is 0.0949. The van der Waals surface area contributed by atoms with E-state index < -0.39 is 0 Å². The predicted octanol–water partition coefficient (Wildman–Crippen LogP) is 1.35. The summed E-state index contributed by atoms with van der Waals surface area (Å²) in [4.78, 5) is 11.3. The Bertz CT molecular complexity index is 198. The lowest BCUT2D eigenvalue weighted by Crippen LogP contribution is -2.16. The summed E-state index contributed by atoms with van der Waals surface area (Å²) < 4.78 is 5.32. The van der Waals surface area contributed by atoms with Crippen LogP contribution in [-0.4, -0.2) is 12.1 Å². The molecule has 2 saturated carbocycles. The molecule has 0 amide bonds. The average molecular weight is 152 g/mol. The van der Waals surface area contributed by atoms with E-state index in [-0.39, 0.29) is 11.9 Å². The Morgan fingerprint density at radius 3 is 2.36 bits per heavy atom. The molecule has 2 atom stereocenters. The molecule has 0 aromatic rings. The second-order valence-electron chi connectivity index (χ2n) is 4.22. The molecule has 2 aliphatic heterocycles. The number of carbonyl (C=O) groups excluding carboxylic acids is 1. The van der Waals surface area contributed by atoms with Crippen LogP contribution in [0.2, 0.25) is 0 Å². The first-order valence-corrected chi connectivity index (χ1v) is 4.53. The zero-order chi connectivity index (χ0) is 7.42. The van der Waals surface area contributed by atoms with Gasteiger partial charge in [0, 0.05) is 0 Å². The quantitative estimate of drug-likeness (QED) is 0.490. The molecule has 4 fully saturated rings. The zero-order valence-corrected chi connectivity index (χ0v) is 6.45. The van der Waals surface area contributed by atoms with Crippen molar-refractivity contribution >= 4 is 5.97 Å². The van der Waals surface area contributed by atoms with Crippen LogP contribution in [-0.2, 0) is 9.53 Å². The van der Waals surface area contributed by atoms with Crippen molar-refractivity contribution in [2.24, 2.45) is 17.8 Å². The maximum atomic E-state index is 11.3. The highest BCUT2D eigenvalue weighted by molar-refractivity contribution is 5.73. The number of fused-ring (bicyclic) bond motifs is 1. The first kappa shape index (κ1) is 6.04. The molecular formula is C9H12O2. The van der Waals surface area contributed by atoms with Gasteiger partial charge in [0.25, 0.3) is 0 Å². The normalized spacial score (nSPS) is 52.9. The van der Waals surface area contributed by atoms with Crippen molar-refractivity contribution < 1.29 is 9.53 Å². The van der Waals surface area contributed by atoms with E-state index in [1.165, 1.54) is 0 Å². The summed E-state index contributed by atoms with van der Waals surface area (Å²) in [6.07, 6.45) is 4.87. The fourth-order valence-corrected chi connectivity index (χ4v) is 3.11. The molecule has 4 bridgehead atoms. The molecule has 2 aliphatic carbocycles. The van der Waals surface area contributed by atoms with Crippen molar-refractivity contribution in [3.63, 3.8) is 0 Å². The van der Waals surface area contributed by atoms with Crippen LogP contribution in [0.3, 0.4) is 0 Å². The van der Waals surface area contributed by atoms with Gasteiger partial charge in [-0.1, -0.05) is 0 Å². The van der Waals surface area contributed by atoms with E-state index in [4.69, 9.17) is 4.74 Å². The topological polar surface area (TPSA) is 26.3 Å². The molecule has 60 valence electrons. The van der Waals surface area contributed by atoms with Crippen molar-refractivity contribution in [2.45, 2.75) is 31.8 Å². The highest BCUT2D eigenvalue weighted by Crippen LogP contribution is 2.51. The summed E-state index contributed by atoms with van der Waals surface area (Å²) in [5, 5.41) is 0. The van der Waals surface area contributed by atoms with E-state index in [0.29, 0.717) is 6.10 Å². The fraction of sp³-hybridized carbons (Fsp3) is 0.889. The van der Waals surface area contributed by atoms with Crippen molar-refractivity contribution in [3.8, 4) is 0 Å². The van der Waals surface area contributed by atoms with Gasteiger partial charge in [-0.05, 0) is 37.5 Å². The largest absolute Gasteiger partial charge is 0.462 e. The van der Waals surface area contributed by atoms with Gasteiger partial charge < -0.3 is 4.74 Å². The molecule has 11 heavy (non-hydrogen) atoms. The van der Waals surface area contributed by atoms with Gasteiger partial charge in [-0.2, -0.15) is 0 Å². The Kier molecular flexibility index (Phi) is 0.984. The molecule has 4 aliphatic rings. The summed E-state index contributed by atoms with van der Waals surface area (Å²) >= 11 is 0. The van der Waals surface area contributed by atoms with Crippen molar-refractivity contribution in [2.75, 3.05) is 0 Å². The lowest BCUT2D eigenvalue weighted by atomic mass is 10.0. The molecule has 2 nitrogen and oxygen atoms in total. The third-order valence-corrected chi connectivity index (χ3v) is 3.59. The summed E-state index contributed by atoms with van der Waals surface area (Å²) in [7, 11) is 0. The molecule has 2 heterocycles. The summed E-state index contributed by atoms with van der Waals surface area (Å²) in [5.74, 6) is 2.03. The monoisotopic (exact) mass is 152 g/mol. The Morgan fingerprint density at radius 1 is 1.09 bits per heavy atom. The zero-order valence-electron chi connectivity index (χ0n) is 6.45. The van der Waals surface area contributed by atoms with Gasteiger partial charge in [-0.15, -0.1) is 0 Å². The Balaban J connectivity index is 2.01. The first-order valence-electron chi connectivity index (χ1n) is 4.53. The molecule has 0 radical (unpaired) electrons. The third kappa shape index (κ3) is 0.700. The second-order valence-corrected chi connectivity index (χ2v) is 4.22. The van der Waals surface area contributed by atoms with Crippen molar-refractivity contribution in [3.05, 3.63) is 0 Å². The third-order valence-electron chi connectivity index (χ3n) is 3.59. The molecule has 4 rings (SSSR count). The first-order chi connectivity index (χ1) is 5.33. The highest BCUT2D eigenvalue weighted by Gasteiger charge is 2.49. The minimum Gasteiger partial charge on any atom is -0.462 e. The number of ether oxygens (including phenoxy) is 1. The molecule has 2 saturated heterocycles. The van der Waals surface area contributed by atoms with Gasteiger partial charge in [0.1, 0.15) is 6.10 Å². The number of esters is 1. The molecule has 0 aromatic heterocycles. The van der Waals surface area contributed by atoms with Crippen LogP contribution in [0.1, 0.15) is 25.7 Å². The molecule has 0 spiro atoms. The van der Waals surface area contributed by atoms with Gasteiger partial charge in [0.05, 0.1) is 5.92 Å².